The Morgan fingerprint density at radius 3 is 2.50 bits per heavy atom. The predicted octanol–water partition coefficient (Wildman–Crippen LogP) is -0.668. The summed E-state index contributed by atoms with van der Waals surface area (Å²) in [5.74, 6) is -0.0746. The summed E-state index contributed by atoms with van der Waals surface area (Å²) in [7, 11) is 0. The molecule has 1 fully saturated rings. The molecule has 0 aromatic rings. The maximum Gasteiger partial charge on any atom is 0.234 e. The van der Waals surface area contributed by atoms with E-state index in [1.807, 2.05) is 4.90 Å². The molecule has 94 valence electrons. The van der Waals surface area contributed by atoms with Gasteiger partial charge in [-0.25, -0.2) is 0 Å². The SMILES string of the molecule is O=C(CN(CCO)C1CCCC1)NCCO. The van der Waals surface area contributed by atoms with E-state index in [9.17, 15) is 4.79 Å². The largest absolute Gasteiger partial charge is 0.395 e. The standard InChI is InChI=1S/C11H22N2O3/c14-7-5-12-11(16)9-13(6-8-15)10-3-1-2-4-10/h10,14-15H,1-9H2,(H,12,16). The van der Waals surface area contributed by atoms with Crippen LogP contribution in [0.3, 0.4) is 0 Å². The van der Waals surface area contributed by atoms with Gasteiger partial charge in [-0.3, -0.25) is 9.69 Å². The summed E-state index contributed by atoms with van der Waals surface area (Å²) >= 11 is 0. The van der Waals surface area contributed by atoms with Gasteiger partial charge in [0.2, 0.25) is 5.91 Å². The fourth-order valence-electron chi connectivity index (χ4n) is 2.22. The monoisotopic (exact) mass is 230 g/mol. The molecule has 1 aliphatic rings. The average molecular weight is 230 g/mol. The van der Waals surface area contributed by atoms with Gasteiger partial charge in [-0.15, -0.1) is 0 Å². The molecule has 1 saturated carbocycles. The Labute approximate surface area is 96.4 Å². The van der Waals surface area contributed by atoms with Gasteiger partial charge < -0.3 is 15.5 Å². The molecular weight excluding hydrogens is 208 g/mol. The molecule has 16 heavy (non-hydrogen) atoms. The van der Waals surface area contributed by atoms with Gasteiger partial charge in [0.05, 0.1) is 19.8 Å². The van der Waals surface area contributed by atoms with Crippen molar-refractivity contribution in [1.82, 2.24) is 10.2 Å². The molecule has 1 amide bonds. The molecule has 0 bridgehead atoms. The van der Waals surface area contributed by atoms with E-state index in [1.54, 1.807) is 0 Å². The molecule has 0 spiro atoms. The van der Waals surface area contributed by atoms with E-state index >= 15 is 0 Å². The molecule has 0 aromatic carbocycles. The van der Waals surface area contributed by atoms with Crippen molar-refractivity contribution in [1.29, 1.82) is 0 Å². The van der Waals surface area contributed by atoms with Crippen LogP contribution in [-0.2, 0) is 4.79 Å². The fraction of sp³-hybridized carbons (Fsp3) is 0.909. The van der Waals surface area contributed by atoms with Gasteiger partial charge in [-0.2, -0.15) is 0 Å². The van der Waals surface area contributed by atoms with Gasteiger partial charge in [0.15, 0.2) is 0 Å². The van der Waals surface area contributed by atoms with Crippen molar-refractivity contribution in [3.63, 3.8) is 0 Å². The first-order valence-corrected chi connectivity index (χ1v) is 6.00. The molecule has 5 nitrogen and oxygen atoms in total. The maximum atomic E-state index is 11.5. The Balaban J connectivity index is 2.34. The molecule has 0 aliphatic heterocycles. The maximum absolute atomic E-state index is 11.5. The van der Waals surface area contributed by atoms with Crippen LogP contribution in [0.1, 0.15) is 25.7 Å². The van der Waals surface area contributed by atoms with E-state index in [1.165, 1.54) is 12.8 Å². The number of carbonyl (C=O) groups excluding carboxylic acids is 1. The lowest BCUT2D eigenvalue weighted by atomic mass is 10.2. The van der Waals surface area contributed by atoms with Gasteiger partial charge in [-0.05, 0) is 12.8 Å². The van der Waals surface area contributed by atoms with E-state index in [2.05, 4.69) is 5.32 Å². The quantitative estimate of drug-likeness (QED) is 0.542. The second kappa shape index (κ2) is 7.60. The molecule has 0 atom stereocenters. The minimum Gasteiger partial charge on any atom is -0.395 e. The molecular formula is C11H22N2O3. The van der Waals surface area contributed by atoms with Crippen molar-refractivity contribution < 1.29 is 15.0 Å². The van der Waals surface area contributed by atoms with Crippen LogP contribution in [0.4, 0.5) is 0 Å². The smallest absolute Gasteiger partial charge is 0.234 e. The van der Waals surface area contributed by atoms with Crippen LogP contribution < -0.4 is 5.32 Å². The molecule has 0 aromatic heterocycles. The van der Waals surface area contributed by atoms with Crippen molar-refractivity contribution in [2.45, 2.75) is 31.7 Å². The third kappa shape index (κ3) is 4.47. The molecule has 3 N–H and O–H groups in total. The lowest BCUT2D eigenvalue weighted by Crippen LogP contribution is -2.43. The highest BCUT2D eigenvalue weighted by Crippen LogP contribution is 2.22. The number of nitrogens with one attached hydrogen (secondary N) is 1. The molecule has 5 heteroatoms. The minimum absolute atomic E-state index is 0.0326. The highest BCUT2D eigenvalue weighted by Gasteiger charge is 2.23. The van der Waals surface area contributed by atoms with Crippen LogP contribution in [-0.4, -0.2) is 59.9 Å². The fourth-order valence-corrected chi connectivity index (χ4v) is 2.22. The van der Waals surface area contributed by atoms with Crippen LogP contribution in [0, 0.1) is 0 Å². The number of amides is 1. The van der Waals surface area contributed by atoms with E-state index in [-0.39, 0.29) is 19.1 Å². The number of rotatable bonds is 7. The topological polar surface area (TPSA) is 72.8 Å². The van der Waals surface area contributed by atoms with Crippen LogP contribution in [0.5, 0.6) is 0 Å². The van der Waals surface area contributed by atoms with E-state index in [0.29, 0.717) is 25.7 Å². The molecule has 0 radical (unpaired) electrons. The number of hydrogen-bond donors (Lipinski definition) is 3. The summed E-state index contributed by atoms with van der Waals surface area (Å²) in [5.41, 5.74) is 0. The Bertz CT molecular complexity index is 205. The van der Waals surface area contributed by atoms with Crippen LogP contribution in [0.25, 0.3) is 0 Å². The summed E-state index contributed by atoms with van der Waals surface area (Å²) in [4.78, 5) is 13.5. The van der Waals surface area contributed by atoms with Crippen LogP contribution in [0.2, 0.25) is 0 Å². The zero-order valence-electron chi connectivity index (χ0n) is 9.69. The van der Waals surface area contributed by atoms with Crippen molar-refractivity contribution in [2.75, 3.05) is 32.8 Å². The normalized spacial score (nSPS) is 16.9. The van der Waals surface area contributed by atoms with Gasteiger partial charge in [-0.1, -0.05) is 12.8 Å². The van der Waals surface area contributed by atoms with Gasteiger partial charge in [0, 0.05) is 19.1 Å². The summed E-state index contributed by atoms with van der Waals surface area (Å²) in [6, 6.07) is 0.437. The molecule has 0 heterocycles. The Morgan fingerprint density at radius 1 is 1.25 bits per heavy atom. The first-order chi connectivity index (χ1) is 7.77. The number of nitrogens with zero attached hydrogens (tertiary/aromatic N) is 1. The Hall–Kier alpha value is -0.650. The zero-order valence-corrected chi connectivity index (χ0v) is 9.69. The number of aliphatic hydroxyl groups excluding tert-OH is 2. The second-order valence-corrected chi connectivity index (χ2v) is 4.21. The average Bonchev–Trinajstić information content (AvgIpc) is 2.79. The lowest BCUT2D eigenvalue weighted by Gasteiger charge is -2.27. The van der Waals surface area contributed by atoms with Crippen molar-refractivity contribution in [3.05, 3.63) is 0 Å². The third-order valence-electron chi connectivity index (χ3n) is 3.01. The molecule has 1 rings (SSSR count). The Kier molecular flexibility index (Phi) is 6.37. The van der Waals surface area contributed by atoms with E-state index in [0.717, 1.165) is 12.8 Å². The second-order valence-electron chi connectivity index (χ2n) is 4.21. The molecule has 1 aliphatic carbocycles. The summed E-state index contributed by atoms with van der Waals surface area (Å²) < 4.78 is 0. The van der Waals surface area contributed by atoms with Crippen molar-refractivity contribution in [2.24, 2.45) is 0 Å². The predicted molar refractivity (Wildman–Crippen MR) is 61.0 cm³/mol. The third-order valence-corrected chi connectivity index (χ3v) is 3.01. The van der Waals surface area contributed by atoms with Crippen molar-refractivity contribution in [3.8, 4) is 0 Å². The highest BCUT2D eigenvalue weighted by molar-refractivity contribution is 5.78. The van der Waals surface area contributed by atoms with Gasteiger partial charge in [0.1, 0.15) is 0 Å². The number of aliphatic hydroxyl groups is 2. The van der Waals surface area contributed by atoms with Gasteiger partial charge in [0.25, 0.3) is 0 Å². The van der Waals surface area contributed by atoms with Crippen molar-refractivity contribution >= 4 is 5.91 Å². The minimum atomic E-state index is -0.0746. The van der Waals surface area contributed by atoms with Crippen LogP contribution >= 0.6 is 0 Å². The van der Waals surface area contributed by atoms with E-state index < -0.39 is 0 Å². The zero-order chi connectivity index (χ0) is 11.8. The summed E-state index contributed by atoms with van der Waals surface area (Å²) in [5, 5.41) is 20.2. The first-order valence-electron chi connectivity index (χ1n) is 6.00. The van der Waals surface area contributed by atoms with E-state index in [4.69, 9.17) is 10.2 Å². The first kappa shape index (κ1) is 13.4. The van der Waals surface area contributed by atoms with Gasteiger partial charge >= 0.3 is 0 Å². The molecule has 0 saturated heterocycles. The molecule has 0 unspecified atom stereocenters. The van der Waals surface area contributed by atoms with Crippen LogP contribution in [0.15, 0.2) is 0 Å². The number of carbonyl (C=O) groups is 1. The summed E-state index contributed by atoms with van der Waals surface area (Å²) in [6.07, 6.45) is 4.66. The Morgan fingerprint density at radius 2 is 1.94 bits per heavy atom. The summed E-state index contributed by atoms with van der Waals surface area (Å²) in [6.45, 7) is 1.23. The lowest BCUT2D eigenvalue weighted by molar-refractivity contribution is -0.123. The number of hydrogen-bond acceptors (Lipinski definition) is 4. The highest BCUT2D eigenvalue weighted by atomic mass is 16.3.